The number of amides is 2. The third-order valence-corrected chi connectivity index (χ3v) is 9.04. The third kappa shape index (κ3) is 4.03. The van der Waals surface area contributed by atoms with Crippen molar-refractivity contribution in [1.29, 1.82) is 0 Å². The number of allylic oxidation sites excluding steroid dienone is 4. The molecule has 4 aliphatic rings. The van der Waals surface area contributed by atoms with Gasteiger partial charge in [-0.1, -0.05) is 61.5 Å². The molecule has 2 aromatic carbocycles. The number of nitrogens with zero attached hydrogens (tertiary/aromatic N) is 3. The van der Waals surface area contributed by atoms with Crippen LogP contribution in [0.1, 0.15) is 52.7 Å². The first-order chi connectivity index (χ1) is 21.6. The molecule has 3 atom stereocenters. The van der Waals surface area contributed by atoms with Crippen LogP contribution in [0.2, 0.25) is 0 Å². The number of hydrogen-bond acceptors (Lipinski definition) is 8. The summed E-state index contributed by atoms with van der Waals surface area (Å²) >= 11 is 0. The Morgan fingerprint density at radius 2 is 1.69 bits per heavy atom. The number of esters is 1. The van der Waals surface area contributed by atoms with Crippen molar-refractivity contribution in [1.82, 2.24) is 14.0 Å². The Bertz CT molecular complexity index is 2080. The van der Waals surface area contributed by atoms with Gasteiger partial charge in [0.2, 0.25) is 5.91 Å². The number of nitrogens with one attached hydrogen (secondary N) is 1. The first kappa shape index (κ1) is 28.2. The quantitative estimate of drug-likeness (QED) is 0.267. The first-order valence-corrected chi connectivity index (χ1v) is 14.6. The minimum atomic E-state index is -1.10. The average molecular weight is 605 g/mol. The normalized spacial score (nSPS) is 20.3. The Kier molecular flexibility index (Phi) is 6.43. The molecule has 2 aliphatic carbocycles. The largest absolute Gasteiger partial charge is 0.425 e. The van der Waals surface area contributed by atoms with Crippen LogP contribution in [0.25, 0.3) is 5.70 Å². The van der Waals surface area contributed by atoms with Crippen molar-refractivity contribution in [2.75, 3.05) is 5.32 Å². The number of Topliss-reactive ketones (excluding diaryl/α,β-unsaturated/α-hetero) is 1. The second kappa shape index (κ2) is 10.3. The molecule has 7 rings (SSSR count). The van der Waals surface area contributed by atoms with Crippen molar-refractivity contribution in [2.45, 2.75) is 31.7 Å². The van der Waals surface area contributed by atoms with Gasteiger partial charge in [-0.3, -0.25) is 33.2 Å². The second-order valence-electron chi connectivity index (χ2n) is 11.5. The van der Waals surface area contributed by atoms with Gasteiger partial charge in [0.25, 0.3) is 11.5 Å². The monoisotopic (exact) mass is 604 g/mol. The molecule has 3 aromatic rings. The number of hydrogen-bond donors (Lipinski definition) is 1. The Balaban J connectivity index is 1.24. The summed E-state index contributed by atoms with van der Waals surface area (Å²) in [6.45, 7) is 1.70. The van der Waals surface area contributed by atoms with Crippen LogP contribution in [0.5, 0.6) is 5.75 Å². The van der Waals surface area contributed by atoms with Gasteiger partial charge in [-0.15, -0.1) is 0 Å². The molecule has 2 amide bonds. The molecule has 0 saturated carbocycles. The van der Waals surface area contributed by atoms with Crippen molar-refractivity contribution >= 4 is 35.1 Å². The summed E-state index contributed by atoms with van der Waals surface area (Å²) in [7, 11) is 2.95. The van der Waals surface area contributed by atoms with E-state index >= 15 is 0 Å². The molecule has 1 saturated heterocycles. The number of aromatic nitrogens is 2. The highest BCUT2D eigenvalue weighted by atomic mass is 16.5. The van der Waals surface area contributed by atoms with Gasteiger partial charge in [0, 0.05) is 42.3 Å². The highest BCUT2D eigenvalue weighted by molar-refractivity contribution is 6.24. The van der Waals surface area contributed by atoms with Crippen LogP contribution in [0.15, 0.2) is 87.5 Å². The summed E-state index contributed by atoms with van der Waals surface area (Å²) < 4.78 is 8.02. The van der Waals surface area contributed by atoms with Crippen LogP contribution >= 0.6 is 0 Å². The summed E-state index contributed by atoms with van der Waals surface area (Å²) in [5, 5.41) is 3.20. The number of benzene rings is 2. The van der Waals surface area contributed by atoms with E-state index < -0.39 is 46.9 Å². The Hall–Kier alpha value is -5.58. The fourth-order valence-electron chi connectivity index (χ4n) is 6.74. The fourth-order valence-corrected chi connectivity index (χ4v) is 6.74. The van der Waals surface area contributed by atoms with Crippen LogP contribution < -0.4 is 21.3 Å². The number of imide groups is 1. The summed E-state index contributed by atoms with van der Waals surface area (Å²) in [6.07, 6.45) is 5.74. The molecule has 226 valence electrons. The molecule has 0 bridgehead atoms. The van der Waals surface area contributed by atoms with E-state index in [0.717, 1.165) is 9.47 Å². The maximum atomic E-state index is 13.8. The number of ketones is 1. The van der Waals surface area contributed by atoms with E-state index in [-0.39, 0.29) is 23.5 Å². The van der Waals surface area contributed by atoms with Crippen molar-refractivity contribution in [3.63, 3.8) is 0 Å². The van der Waals surface area contributed by atoms with Crippen LogP contribution in [0.4, 0.5) is 5.82 Å². The smallest absolute Gasteiger partial charge is 0.334 e. The van der Waals surface area contributed by atoms with Gasteiger partial charge in [-0.05, 0) is 30.5 Å². The predicted molar refractivity (Wildman–Crippen MR) is 163 cm³/mol. The fraction of sp³-hybridized carbons (Fsp3) is 0.235. The van der Waals surface area contributed by atoms with E-state index in [1.54, 1.807) is 62.5 Å². The summed E-state index contributed by atoms with van der Waals surface area (Å²) in [5.74, 6) is -2.83. The SMILES string of the molecule is CCC(C(=O)Oc1ccc(C2C3=C(Nc4c2c(=O)n(C)c(=O)n4C)c2ccccc2C3=O)cc1)N1C(=O)C2=CC=CCC2C1=O. The van der Waals surface area contributed by atoms with Crippen LogP contribution in [-0.2, 0) is 28.5 Å². The summed E-state index contributed by atoms with van der Waals surface area (Å²) in [6, 6.07) is 12.4. The number of rotatable bonds is 5. The minimum Gasteiger partial charge on any atom is -0.425 e. The lowest BCUT2D eigenvalue weighted by Crippen LogP contribution is -2.46. The standard InChI is InChI=1S/C34H28N4O7/c1-4-23(38-30(40)21-11-7-8-12-22(21)31(38)41)33(43)45-18-15-13-17(14-16-18)24-25-27(19-9-5-6-10-20(19)28(25)39)35-29-26(24)32(42)37(3)34(44)36(29)2/h5-11,13-16,22-24,35H,4,12H2,1-3H3. The van der Waals surface area contributed by atoms with Gasteiger partial charge >= 0.3 is 11.7 Å². The lowest BCUT2D eigenvalue weighted by atomic mass is 9.81. The Morgan fingerprint density at radius 3 is 2.38 bits per heavy atom. The molecule has 3 heterocycles. The molecule has 3 unspecified atom stereocenters. The summed E-state index contributed by atoms with van der Waals surface area (Å²) in [4.78, 5) is 80.6. The van der Waals surface area contributed by atoms with Gasteiger partial charge in [0.15, 0.2) is 5.78 Å². The van der Waals surface area contributed by atoms with E-state index in [4.69, 9.17) is 4.74 Å². The molecular formula is C34H28N4O7. The molecule has 1 N–H and O–H groups in total. The zero-order valence-corrected chi connectivity index (χ0v) is 24.7. The zero-order valence-electron chi connectivity index (χ0n) is 24.7. The van der Waals surface area contributed by atoms with E-state index in [2.05, 4.69) is 5.32 Å². The topological polar surface area (TPSA) is 137 Å². The number of fused-ring (bicyclic) bond motifs is 4. The average Bonchev–Trinajstić information content (AvgIpc) is 3.48. The third-order valence-electron chi connectivity index (χ3n) is 9.04. The first-order valence-electron chi connectivity index (χ1n) is 14.6. The van der Waals surface area contributed by atoms with E-state index in [1.807, 2.05) is 18.2 Å². The van der Waals surface area contributed by atoms with Gasteiger partial charge in [-0.2, -0.15) is 0 Å². The van der Waals surface area contributed by atoms with Crippen molar-refractivity contribution < 1.29 is 23.9 Å². The Labute approximate surface area is 256 Å². The van der Waals surface area contributed by atoms with Crippen LogP contribution in [0, 0.1) is 5.92 Å². The highest BCUT2D eigenvalue weighted by Gasteiger charge is 2.48. The molecule has 1 aromatic heterocycles. The molecule has 11 heteroatoms. The molecule has 45 heavy (non-hydrogen) atoms. The second-order valence-corrected chi connectivity index (χ2v) is 11.5. The number of carbonyl (C=O) groups is 4. The van der Waals surface area contributed by atoms with Gasteiger partial charge in [0.1, 0.15) is 17.6 Å². The summed E-state index contributed by atoms with van der Waals surface area (Å²) in [5.41, 5.74) is 2.22. The zero-order chi connectivity index (χ0) is 31.7. The lowest BCUT2D eigenvalue weighted by Gasteiger charge is -2.29. The maximum Gasteiger partial charge on any atom is 0.334 e. The molecule has 0 spiro atoms. The Morgan fingerprint density at radius 1 is 0.978 bits per heavy atom. The van der Waals surface area contributed by atoms with Crippen LogP contribution in [0.3, 0.4) is 0 Å². The van der Waals surface area contributed by atoms with Gasteiger partial charge in [0.05, 0.1) is 17.2 Å². The van der Waals surface area contributed by atoms with Gasteiger partial charge < -0.3 is 10.1 Å². The van der Waals surface area contributed by atoms with Crippen molar-refractivity contribution in [3.05, 3.63) is 121 Å². The molecule has 2 aliphatic heterocycles. The van der Waals surface area contributed by atoms with Crippen molar-refractivity contribution in [3.8, 4) is 5.75 Å². The molecule has 11 nitrogen and oxygen atoms in total. The van der Waals surface area contributed by atoms with Crippen molar-refractivity contribution in [2.24, 2.45) is 20.0 Å². The lowest BCUT2D eigenvalue weighted by molar-refractivity contribution is -0.153. The number of carbonyl (C=O) groups excluding carboxylic acids is 4. The highest BCUT2D eigenvalue weighted by Crippen LogP contribution is 2.48. The van der Waals surface area contributed by atoms with E-state index in [9.17, 15) is 28.8 Å². The molecule has 0 radical (unpaired) electrons. The van der Waals surface area contributed by atoms with E-state index in [1.165, 1.54) is 11.6 Å². The minimum absolute atomic E-state index is 0.164. The number of anilines is 1. The molecular weight excluding hydrogens is 576 g/mol. The number of ether oxygens (including phenoxy) is 1. The van der Waals surface area contributed by atoms with Gasteiger partial charge in [-0.25, -0.2) is 9.59 Å². The van der Waals surface area contributed by atoms with E-state index in [0.29, 0.717) is 45.8 Å². The van der Waals surface area contributed by atoms with Crippen LogP contribution in [-0.4, -0.2) is 43.6 Å². The molecule has 1 fully saturated rings. The predicted octanol–water partition coefficient (Wildman–Crippen LogP) is 2.80. The maximum absolute atomic E-state index is 13.8. The number of likely N-dealkylation sites (tertiary alicyclic amines) is 1.